The number of methoxy groups -OCH3 is 1. The van der Waals surface area contributed by atoms with E-state index in [0.717, 1.165) is 57.8 Å². The summed E-state index contributed by atoms with van der Waals surface area (Å²) in [6.07, 6.45) is 8.99. The van der Waals surface area contributed by atoms with Gasteiger partial charge in [-0.25, -0.2) is 0 Å². The summed E-state index contributed by atoms with van der Waals surface area (Å²) in [6.45, 7) is 10.1. The summed E-state index contributed by atoms with van der Waals surface area (Å²) < 4.78 is 10.8. The molecule has 0 aromatic carbocycles. The van der Waals surface area contributed by atoms with Gasteiger partial charge in [0.05, 0.1) is 6.61 Å². The molecule has 7 heteroatoms. The van der Waals surface area contributed by atoms with Crippen molar-refractivity contribution in [1.82, 2.24) is 15.5 Å². The summed E-state index contributed by atoms with van der Waals surface area (Å²) >= 11 is 0. The van der Waals surface area contributed by atoms with Gasteiger partial charge in [0.2, 0.25) is 0 Å². The monoisotopic (exact) mass is 510 g/mol. The summed E-state index contributed by atoms with van der Waals surface area (Å²) in [5.41, 5.74) is 0.388. The number of aliphatic imine (C=N–C) groups is 1. The van der Waals surface area contributed by atoms with Gasteiger partial charge in [-0.3, -0.25) is 4.99 Å². The van der Waals surface area contributed by atoms with Crippen molar-refractivity contribution in [1.29, 1.82) is 0 Å². The number of ether oxygens (including phenoxy) is 2. The normalized spacial score (nSPS) is 20.8. The van der Waals surface area contributed by atoms with Crippen LogP contribution in [0.3, 0.4) is 0 Å². The molecule has 0 unspecified atom stereocenters. The molecule has 1 aliphatic heterocycles. The molecule has 166 valence electrons. The van der Waals surface area contributed by atoms with E-state index in [1.54, 1.807) is 7.11 Å². The molecule has 2 N–H and O–H groups in total. The maximum Gasteiger partial charge on any atom is 0.191 e. The van der Waals surface area contributed by atoms with Crippen molar-refractivity contribution in [2.75, 3.05) is 66.7 Å². The second kappa shape index (κ2) is 14.8. The lowest BCUT2D eigenvalue weighted by molar-refractivity contribution is 0.105. The largest absolute Gasteiger partial charge is 0.383 e. The van der Waals surface area contributed by atoms with Crippen LogP contribution in [-0.4, -0.2) is 77.6 Å². The number of rotatable bonds is 11. The average Bonchev–Trinajstić information content (AvgIpc) is 3.16. The summed E-state index contributed by atoms with van der Waals surface area (Å²) in [6, 6.07) is 0. The molecule has 2 aliphatic rings. The number of halogens is 1. The summed E-state index contributed by atoms with van der Waals surface area (Å²) in [5, 5.41) is 7.18. The molecule has 6 nitrogen and oxygen atoms in total. The average molecular weight is 511 g/mol. The van der Waals surface area contributed by atoms with Gasteiger partial charge in [0.1, 0.15) is 0 Å². The molecule has 1 aliphatic carbocycles. The highest BCUT2D eigenvalue weighted by molar-refractivity contribution is 14.0. The van der Waals surface area contributed by atoms with E-state index < -0.39 is 0 Å². The van der Waals surface area contributed by atoms with Gasteiger partial charge in [-0.15, -0.1) is 24.0 Å². The number of guanidine groups is 1. The third-order valence-corrected chi connectivity index (χ3v) is 6.38. The lowest BCUT2D eigenvalue weighted by Crippen LogP contribution is -2.46. The predicted octanol–water partition coefficient (Wildman–Crippen LogP) is 3.11. The van der Waals surface area contributed by atoms with Gasteiger partial charge in [0.25, 0.3) is 0 Å². The van der Waals surface area contributed by atoms with Gasteiger partial charge in [-0.05, 0) is 63.5 Å². The van der Waals surface area contributed by atoms with Crippen molar-refractivity contribution in [3.8, 4) is 0 Å². The fourth-order valence-electron chi connectivity index (χ4n) is 4.44. The number of hydrogen-bond donors (Lipinski definition) is 2. The number of likely N-dealkylation sites (tertiary alicyclic amines) is 1. The van der Waals surface area contributed by atoms with Crippen molar-refractivity contribution in [3.05, 3.63) is 0 Å². The highest BCUT2D eigenvalue weighted by atomic mass is 127. The molecule has 0 aromatic rings. The minimum Gasteiger partial charge on any atom is -0.383 e. The van der Waals surface area contributed by atoms with Gasteiger partial charge in [0.15, 0.2) is 5.96 Å². The van der Waals surface area contributed by atoms with Crippen LogP contribution in [0.1, 0.15) is 51.9 Å². The third kappa shape index (κ3) is 9.13. The Morgan fingerprint density at radius 3 is 2.46 bits per heavy atom. The Labute approximate surface area is 189 Å². The van der Waals surface area contributed by atoms with Crippen LogP contribution >= 0.6 is 24.0 Å². The van der Waals surface area contributed by atoms with Gasteiger partial charge in [-0.2, -0.15) is 0 Å². The van der Waals surface area contributed by atoms with E-state index in [1.165, 1.54) is 51.6 Å². The molecule has 0 atom stereocenters. The lowest BCUT2D eigenvalue weighted by atomic mass is 9.83. The molecule has 28 heavy (non-hydrogen) atoms. The summed E-state index contributed by atoms with van der Waals surface area (Å²) in [5.74, 6) is 1.69. The Bertz CT molecular complexity index is 423. The van der Waals surface area contributed by atoms with Gasteiger partial charge in [-0.1, -0.05) is 12.8 Å². The molecule has 2 rings (SSSR count). The maximum atomic E-state index is 5.63. The standard InChI is InChI=1S/C21H42N4O2.HI/c1-4-27-15-11-21(9-5-6-10-21)18-24-20(22-2)23-17-19-7-12-25(13-8-19)14-16-26-3;/h19H,4-18H2,1-3H3,(H2,22,23,24);1H. The van der Waals surface area contributed by atoms with Crippen molar-refractivity contribution in [3.63, 3.8) is 0 Å². The molecule has 1 saturated heterocycles. The highest BCUT2D eigenvalue weighted by Gasteiger charge is 2.33. The molecule has 0 radical (unpaired) electrons. The zero-order valence-corrected chi connectivity index (χ0v) is 20.6. The van der Waals surface area contributed by atoms with Crippen molar-refractivity contribution >= 4 is 29.9 Å². The number of piperidine rings is 1. The summed E-state index contributed by atoms with van der Waals surface area (Å²) in [7, 11) is 3.66. The van der Waals surface area contributed by atoms with E-state index in [-0.39, 0.29) is 24.0 Å². The fraction of sp³-hybridized carbons (Fsp3) is 0.952. The molecule has 0 spiro atoms. The second-order valence-corrected chi connectivity index (χ2v) is 8.24. The third-order valence-electron chi connectivity index (χ3n) is 6.38. The van der Waals surface area contributed by atoms with E-state index >= 15 is 0 Å². The topological polar surface area (TPSA) is 58.1 Å². The SMILES string of the molecule is CCOCCC1(CNC(=NC)NCC2CCN(CCOC)CC2)CCCC1.I. The van der Waals surface area contributed by atoms with E-state index in [9.17, 15) is 0 Å². The van der Waals surface area contributed by atoms with E-state index in [2.05, 4.69) is 27.4 Å². The molecule has 0 aromatic heterocycles. The van der Waals surface area contributed by atoms with Crippen LogP contribution in [0.25, 0.3) is 0 Å². The Kier molecular flexibility index (Phi) is 13.7. The first kappa shape index (κ1) is 25.9. The zero-order chi connectivity index (χ0) is 19.4. The molecule has 0 bridgehead atoms. The van der Waals surface area contributed by atoms with Crippen molar-refractivity contribution in [2.24, 2.45) is 16.3 Å². The summed E-state index contributed by atoms with van der Waals surface area (Å²) in [4.78, 5) is 6.96. The van der Waals surface area contributed by atoms with Gasteiger partial charge >= 0.3 is 0 Å². The quantitative estimate of drug-likeness (QED) is 0.194. The number of hydrogen-bond acceptors (Lipinski definition) is 4. The molecule has 2 fully saturated rings. The minimum absolute atomic E-state index is 0. The van der Waals surface area contributed by atoms with Gasteiger partial charge < -0.3 is 25.0 Å². The van der Waals surface area contributed by atoms with Crippen molar-refractivity contribution in [2.45, 2.75) is 51.9 Å². The Hall–Kier alpha value is -0.120. The first-order chi connectivity index (χ1) is 13.2. The van der Waals surface area contributed by atoms with Gasteiger partial charge in [0, 0.05) is 47.0 Å². The molecule has 1 saturated carbocycles. The van der Waals surface area contributed by atoms with E-state index in [1.807, 2.05) is 7.05 Å². The highest BCUT2D eigenvalue weighted by Crippen LogP contribution is 2.40. The first-order valence-electron chi connectivity index (χ1n) is 10.9. The molecule has 0 amide bonds. The second-order valence-electron chi connectivity index (χ2n) is 8.24. The molecular formula is C21H43IN4O2. The van der Waals surface area contributed by atoms with Crippen LogP contribution in [-0.2, 0) is 9.47 Å². The van der Waals surface area contributed by atoms with E-state index in [4.69, 9.17) is 9.47 Å². The zero-order valence-electron chi connectivity index (χ0n) is 18.3. The first-order valence-corrected chi connectivity index (χ1v) is 10.9. The molecule has 1 heterocycles. The van der Waals surface area contributed by atoms with Crippen LogP contribution in [0.4, 0.5) is 0 Å². The Morgan fingerprint density at radius 2 is 1.86 bits per heavy atom. The predicted molar refractivity (Wildman–Crippen MR) is 128 cm³/mol. The van der Waals surface area contributed by atoms with Crippen LogP contribution in [0.2, 0.25) is 0 Å². The minimum atomic E-state index is 0. The van der Waals surface area contributed by atoms with Crippen LogP contribution in [0.15, 0.2) is 4.99 Å². The fourth-order valence-corrected chi connectivity index (χ4v) is 4.44. The Morgan fingerprint density at radius 1 is 1.14 bits per heavy atom. The molecular weight excluding hydrogens is 467 g/mol. The van der Waals surface area contributed by atoms with Crippen LogP contribution in [0, 0.1) is 11.3 Å². The van der Waals surface area contributed by atoms with Crippen molar-refractivity contribution < 1.29 is 9.47 Å². The van der Waals surface area contributed by atoms with Crippen LogP contribution in [0.5, 0.6) is 0 Å². The lowest BCUT2D eigenvalue weighted by Gasteiger charge is -2.33. The number of nitrogens with zero attached hydrogens (tertiary/aromatic N) is 2. The smallest absolute Gasteiger partial charge is 0.191 e. The Balaban J connectivity index is 0.00000392. The maximum absolute atomic E-state index is 5.63. The van der Waals surface area contributed by atoms with E-state index in [0.29, 0.717) is 5.41 Å². The number of nitrogens with one attached hydrogen (secondary N) is 2. The van der Waals surface area contributed by atoms with Crippen LogP contribution < -0.4 is 10.6 Å².